The molecule has 0 spiro atoms. The van der Waals surface area contributed by atoms with Crippen molar-refractivity contribution < 1.29 is 4.79 Å². The molecule has 1 N–H and O–H groups in total. The third-order valence-electron chi connectivity index (χ3n) is 5.43. The molecule has 1 atom stereocenters. The van der Waals surface area contributed by atoms with Crippen molar-refractivity contribution in [2.24, 2.45) is 7.05 Å². The van der Waals surface area contributed by atoms with Crippen LogP contribution in [0.15, 0.2) is 30.5 Å². The lowest BCUT2D eigenvalue weighted by atomic mass is 10.1. The third kappa shape index (κ3) is 2.96. The first-order chi connectivity index (χ1) is 14.1. The number of nitrogens with one attached hydrogen (secondary N) is 1. The molecule has 0 unspecified atom stereocenters. The van der Waals surface area contributed by atoms with Gasteiger partial charge in [-0.2, -0.15) is 9.78 Å². The quantitative estimate of drug-likeness (QED) is 0.713. The maximum Gasteiger partial charge on any atom is 0.263 e. The topological polar surface area (TPSA) is 105 Å². The second-order valence-electron chi connectivity index (χ2n) is 7.24. The molecule has 2 aromatic heterocycles. The molecule has 10 nitrogen and oxygen atoms in total. The molecule has 148 valence electrons. The van der Waals surface area contributed by atoms with E-state index >= 15 is 0 Å². The van der Waals surface area contributed by atoms with Crippen LogP contribution in [0.1, 0.15) is 23.2 Å². The van der Waals surface area contributed by atoms with Gasteiger partial charge in [-0.3, -0.25) is 4.79 Å². The molecular weight excluding hydrogens is 370 g/mol. The SMILES string of the molecule is CNc1ncc2c(n1)N1CCC[C@H]1CN(c1cccc(-c3nnn(C)n3)c1)C2=O. The van der Waals surface area contributed by atoms with Gasteiger partial charge in [-0.05, 0) is 30.2 Å². The highest BCUT2D eigenvalue weighted by molar-refractivity contribution is 6.10. The van der Waals surface area contributed by atoms with Crippen LogP contribution in [0.4, 0.5) is 17.5 Å². The van der Waals surface area contributed by atoms with E-state index in [-0.39, 0.29) is 11.9 Å². The predicted molar refractivity (Wildman–Crippen MR) is 108 cm³/mol. The average Bonchev–Trinajstić information content (AvgIpc) is 3.37. The number of aromatic nitrogens is 6. The van der Waals surface area contributed by atoms with Crippen LogP contribution >= 0.6 is 0 Å². The molecule has 1 saturated heterocycles. The van der Waals surface area contributed by atoms with Crippen LogP contribution in [0.3, 0.4) is 0 Å². The van der Waals surface area contributed by atoms with E-state index in [1.165, 1.54) is 4.80 Å². The molecular formula is C19H21N9O. The van der Waals surface area contributed by atoms with E-state index in [2.05, 4.69) is 35.6 Å². The average molecular weight is 391 g/mol. The molecule has 0 aliphatic carbocycles. The number of anilines is 3. The van der Waals surface area contributed by atoms with E-state index in [9.17, 15) is 4.79 Å². The Labute approximate surface area is 167 Å². The summed E-state index contributed by atoms with van der Waals surface area (Å²) in [6.07, 6.45) is 3.72. The fourth-order valence-electron chi connectivity index (χ4n) is 4.04. The Kier molecular flexibility index (Phi) is 4.11. The number of benzene rings is 1. The van der Waals surface area contributed by atoms with E-state index < -0.39 is 0 Å². The van der Waals surface area contributed by atoms with Crippen molar-refractivity contribution in [1.82, 2.24) is 30.2 Å². The zero-order valence-electron chi connectivity index (χ0n) is 16.3. The number of aryl methyl sites for hydroxylation is 1. The molecule has 1 amide bonds. The lowest BCUT2D eigenvalue weighted by Gasteiger charge is -2.27. The van der Waals surface area contributed by atoms with Gasteiger partial charge in [0.05, 0.1) is 7.05 Å². The number of hydrogen-bond donors (Lipinski definition) is 1. The number of carbonyl (C=O) groups is 1. The molecule has 1 aromatic carbocycles. The van der Waals surface area contributed by atoms with Crippen molar-refractivity contribution in [1.29, 1.82) is 0 Å². The number of hydrogen-bond acceptors (Lipinski definition) is 8. The molecule has 0 bridgehead atoms. The van der Waals surface area contributed by atoms with Gasteiger partial charge in [-0.15, -0.1) is 10.2 Å². The van der Waals surface area contributed by atoms with Crippen LogP contribution in [-0.2, 0) is 7.05 Å². The zero-order chi connectivity index (χ0) is 20.0. The van der Waals surface area contributed by atoms with Gasteiger partial charge in [0, 0.05) is 43.6 Å². The Morgan fingerprint density at radius 2 is 2.17 bits per heavy atom. The van der Waals surface area contributed by atoms with Gasteiger partial charge in [-0.1, -0.05) is 12.1 Å². The van der Waals surface area contributed by atoms with Gasteiger partial charge < -0.3 is 15.1 Å². The van der Waals surface area contributed by atoms with E-state index in [1.807, 2.05) is 29.2 Å². The number of tetrazole rings is 1. The van der Waals surface area contributed by atoms with E-state index in [1.54, 1.807) is 20.3 Å². The summed E-state index contributed by atoms with van der Waals surface area (Å²) in [6, 6.07) is 7.92. The molecule has 2 aliphatic rings. The van der Waals surface area contributed by atoms with Crippen LogP contribution in [-0.4, -0.2) is 62.3 Å². The van der Waals surface area contributed by atoms with Crippen LogP contribution in [0.5, 0.6) is 0 Å². The zero-order valence-corrected chi connectivity index (χ0v) is 16.3. The highest BCUT2D eigenvalue weighted by Gasteiger charge is 2.37. The fourth-order valence-corrected chi connectivity index (χ4v) is 4.04. The number of rotatable bonds is 3. The molecule has 3 aromatic rings. The maximum atomic E-state index is 13.5. The Morgan fingerprint density at radius 1 is 1.28 bits per heavy atom. The summed E-state index contributed by atoms with van der Waals surface area (Å²) in [5.74, 6) is 1.67. The molecule has 29 heavy (non-hydrogen) atoms. The summed E-state index contributed by atoms with van der Waals surface area (Å²) < 4.78 is 0. The normalized spacial score (nSPS) is 18.4. The predicted octanol–water partition coefficient (Wildman–Crippen LogP) is 1.34. The Hall–Kier alpha value is -3.56. The monoisotopic (exact) mass is 391 g/mol. The lowest BCUT2D eigenvalue weighted by Crippen LogP contribution is -2.39. The second kappa shape index (κ2) is 6.80. The first kappa shape index (κ1) is 17.5. The van der Waals surface area contributed by atoms with Crippen LogP contribution in [0, 0.1) is 0 Å². The third-order valence-corrected chi connectivity index (χ3v) is 5.43. The minimum atomic E-state index is -0.0960. The van der Waals surface area contributed by atoms with Crippen LogP contribution < -0.4 is 15.1 Å². The van der Waals surface area contributed by atoms with Crippen molar-refractivity contribution in [2.45, 2.75) is 18.9 Å². The van der Waals surface area contributed by atoms with Crippen molar-refractivity contribution in [2.75, 3.05) is 35.3 Å². The summed E-state index contributed by atoms with van der Waals surface area (Å²) in [5.41, 5.74) is 2.15. The van der Waals surface area contributed by atoms with Gasteiger partial charge in [-0.25, -0.2) is 4.98 Å². The van der Waals surface area contributed by atoms with E-state index in [0.717, 1.165) is 30.6 Å². The fraction of sp³-hybridized carbons (Fsp3) is 0.368. The van der Waals surface area contributed by atoms with Gasteiger partial charge in [0.25, 0.3) is 5.91 Å². The lowest BCUT2D eigenvalue weighted by molar-refractivity contribution is 0.0988. The second-order valence-corrected chi connectivity index (χ2v) is 7.24. The highest BCUT2D eigenvalue weighted by atomic mass is 16.2. The molecule has 10 heteroatoms. The summed E-state index contributed by atoms with van der Waals surface area (Å²) in [5, 5.41) is 15.2. The first-order valence-electron chi connectivity index (χ1n) is 9.62. The van der Waals surface area contributed by atoms with Crippen molar-refractivity contribution in [3.8, 4) is 11.4 Å². The summed E-state index contributed by atoms with van der Waals surface area (Å²) in [6.45, 7) is 1.49. The van der Waals surface area contributed by atoms with E-state index in [4.69, 9.17) is 0 Å². The summed E-state index contributed by atoms with van der Waals surface area (Å²) in [4.78, 5) is 27.8. The molecule has 0 radical (unpaired) electrons. The highest BCUT2D eigenvalue weighted by Crippen LogP contribution is 2.34. The molecule has 1 fully saturated rings. The minimum absolute atomic E-state index is 0.0960. The van der Waals surface area contributed by atoms with E-state index in [0.29, 0.717) is 29.7 Å². The maximum absolute atomic E-state index is 13.5. The van der Waals surface area contributed by atoms with Crippen molar-refractivity contribution >= 4 is 23.4 Å². The summed E-state index contributed by atoms with van der Waals surface area (Å²) >= 11 is 0. The number of amides is 1. The van der Waals surface area contributed by atoms with Crippen molar-refractivity contribution in [3.63, 3.8) is 0 Å². The minimum Gasteiger partial charge on any atom is -0.357 e. The first-order valence-corrected chi connectivity index (χ1v) is 9.62. The van der Waals surface area contributed by atoms with Crippen LogP contribution in [0.2, 0.25) is 0 Å². The van der Waals surface area contributed by atoms with Gasteiger partial charge >= 0.3 is 0 Å². The Balaban J connectivity index is 1.58. The molecule has 2 aliphatic heterocycles. The van der Waals surface area contributed by atoms with Gasteiger partial charge in [0.1, 0.15) is 11.4 Å². The number of fused-ring (bicyclic) bond motifs is 3. The summed E-state index contributed by atoms with van der Waals surface area (Å²) in [7, 11) is 3.50. The smallest absolute Gasteiger partial charge is 0.263 e. The van der Waals surface area contributed by atoms with Crippen LogP contribution in [0.25, 0.3) is 11.4 Å². The number of carbonyl (C=O) groups excluding carboxylic acids is 1. The Bertz CT molecular complexity index is 1080. The largest absolute Gasteiger partial charge is 0.357 e. The van der Waals surface area contributed by atoms with Gasteiger partial charge in [0.15, 0.2) is 0 Å². The molecule has 0 saturated carbocycles. The Morgan fingerprint density at radius 3 is 2.97 bits per heavy atom. The standard InChI is InChI=1S/C19H21N9O/c1-20-19-21-10-15-17(22-19)27-8-4-7-14(27)11-28(18(15)29)13-6-3-5-12(9-13)16-23-25-26(2)24-16/h3,5-6,9-10,14H,4,7-8,11H2,1-2H3,(H,20,21,22)/t14-/m0/s1. The van der Waals surface area contributed by atoms with Gasteiger partial charge in [0.2, 0.25) is 11.8 Å². The van der Waals surface area contributed by atoms with Crippen molar-refractivity contribution in [3.05, 3.63) is 36.0 Å². The molecule has 5 rings (SSSR count). The molecule has 4 heterocycles. The number of nitrogens with zero attached hydrogens (tertiary/aromatic N) is 8.